The molecular formula is C34H27BN6O2Zn. The van der Waals surface area contributed by atoms with Gasteiger partial charge in [-0.2, -0.15) is 0 Å². The minimum absolute atomic E-state index is 0. The molecular weight excluding hydrogens is 601 g/mol. The average Bonchev–Trinajstić information content (AvgIpc) is 3.86. The first-order valence-electron chi connectivity index (χ1n) is 13.9. The van der Waals surface area contributed by atoms with Gasteiger partial charge in [0.2, 0.25) is 0 Å². The molecule has 3 aromatic heterocycles. The number of carboxylic acids is 1. The fourth-order valence-electron chi connectivity index (χ4n) is 4.87. The van der Waals surface area contributed by atoms with Crippen LogP contribution in [0.5, 0.6) is 0 Å². The number of nitrogens with zero attached hydrogens (tertiary/aromatic N) is 6. The zero-order valence-corrected chi connectivity index (χ0v) is 26.9. The molecule has 7 aromatic rings. The third kappa shape index (κ3) is 6.99. The van der Waals surface area contributed by atoms with E-state index in [1.165, 1.54) is 12.1 Å². The molecule has 0 atom stereocenters. The fraction of sp³-hybridized carbons (Fsp3) is 0. The Morgan fingerprint density at radius 2 is 0.773 bits per heavy atom. The molecule has 210 valence electrons. The zero-order chi connectivity index (χ0) is 29.4. The van der Waals surface area contributed by atoms with Gasteiger partial charge in [0.05, 0.1) is 23.1 Å². The SMILES string of the molecule is O=C([O-])c1ccccc1.[Zn+2].c1ccc(-c2ccn([BH-](n3ccc(-c4ccccc4)n3)n3ccc(-c4ccccc4)n3)n2)cc1. The van der Waals surface area contributed by atoms with Gasteiger partial charge in [-0.3, -0.25) is 0 Å². The summed E-state index contributed by atoms with van der Waals surface area (Å²) < 4.78 is 5.93. The molecule has 0 bridgehead atoms. The molecule has 0 aliphatic heterocycles. The van der Waals surface area contributed by atoms with E-state index in [0.717, 1.165) is 33.8 Å². The molecule has 7 rings (SSSR count). The Morgan fingerprint density at radius 3 is 1.05 bits per heavy atom. The van der Waals surface area contributed by atoms with Crippen LogP contribution in [-0.4, -0.2) is 42.2 Å². The van der Waals surface area contributed by atoms with Gasteiger partial charge in [0, 0.05) is 16.7 Å². The second kappa shape index (κ2) is 14.2. The minimum atomic E-state index is -1.48. The summed E-state index contributed by atoms with van der Waals surface area (Å²) in [5, 5.41) is 24.9. The summed E-state index contributed by atoms with van der Waals surface area (Å²) in [5.41, 5.74) is 6.22. The quantitative estimate of drug-likeness (QED) is 0.232. The molecule has 10 heteroatoms. The van der Waals surface area contributed by atoms with Gasteiger partial charge in [0.1, 0.15) is 0 Å². The van der Waals surface area contributed by atoms with Crippen LogP contribution in [0.1, 0.15) is 10.4 Å². The van der Waals surface area contributed by atoms with Crippen LogP contribution in [0.4, 0.5) is 0 Å². The van der Waals surface area contributed by atoms with Crippen molar-refractivity contribution in [1.29, 1.82) is 0 Å². The summed E-state index contributed by atoms with van der Waals surface area (Å²) in [4.78, 5) is 10.1. The maximum atomic E-state index is 10.1. The Kier molecular flexibility index (Phi) is 9.74. The van der Waals surface area contributed by atoms with Gasteiger partial charge in [-0.15, -0.1) is 0 Å². The van der Waals surface area contributed by atoms with E-state index in [1.54, 1.807) is 18.2 Å². The van der Waals surface area contributed by atoms with E-state index in [2.05, 4.69) is 36.4 Å². The normalized spacial score (nSPS) is 10.5. The molecule has 0 spiro atoms. The van der Waals surface area contributed by atoms with Crippen LogP contribution in [0.15, 0.2) is 158 Å². The van der Waals surface area contributed by atoms with Crippen molar-refractivity contribution in [2.45, 2.75) is 0 Å². The summed E-state index contributed by atoms with van der Waals surface area (Å²) in [6.07, 6.45) is 6.03. The maximum absolute atomic E-state index is 10.1. The number of carbonyl (C=O) groups excluding carboxylic acids is 1. The van der Waals surface area contributed by atoms with Gasteiger partial charge in [-0.05, 0) is 42.4 Å². The van der Waals surface area contributed by atoms with E-state index >= 15 is 0 Å². The van der Waals surface area contributed by atoms with Crippen LogP contribution in [0.2, 0.25) is 0 Å². The van der Waals surface area contributed by atoms with Crippen LogP contribution in [0.3, 0.4) is 0 Å². The number of aromatic nitrogens is 6. The molecule has 0 aliphatic rings. The van der Waals surface area contributed by atoms with Crippen LogP contribution < -0.4 is 5.11 Å². The first-order chi connectivity index (χ1) is 21.2. The van der Waals surface area contributed by atoms with Gasteiger partial charge >= 0.3 is 26.6 Å². The Hall–Kier alpha value is -5.33. The summed E-state index contributed by atoms with van der Waals surface area (Å²) in [6.45, 7) is 0. The third-order valence-corrected chi connectivity index (χ3v) is 7.01. The number of rotatable bonds is 7. The molecule has 0 saturated carbocycles. The molecule has 44 heavy (non-hydrogen) atoms. The summed E-state index contributed by atoms with van der Waals surface area (Å²) in [7, 11) is -1.48. The zero-order valence-electron chi connectivity index (χ0n) is 23.9. The van der Waals surface area contributed by atoms with Crippen LogP contribution in [-0.2, 0) is 19.5 Å². The van der Waals surface area contributed by atoms with Crippen molar-refractivity contribution >= 4 is 13.1 Å². The van der Waals surface area contributed by atoms with Crippen molar-refractivity contribution in [3.05, 3.63) is 164 Å². The first-order valence-corrected chi connectivity index (χ1v) is 13.9. The number of hydrogen-bond acceptors (Lipinski definition) is 5. The third-order valence-electron chi connectivity index (χ3n) is 7.01. The molecule has 3 heterocycles. The number of carbonyl (C=O) groups is 1. The molecule has 0 fully saturated rings. The van der Waals surface area contributed by atoms with Crippen molar-refractivity contribution in [3.8, 4) is 33.8 Å². The van der Waals surface area contributed by atoms with E-state index in [1.807, 2.05) is 105 Å². The number of carboxylic acid groups (broad SMARTS) is 1. The van der Waals surface area contributed by atoms with Crippen molar-refractivity contribution in [2.75, 3.05) is 0 Å². The smallest absolute Gasteiger partial charge is 0.545 e. The van der Waals surface area contributed by atoms with Crippen LogP contribution in [0.25, 0.3) is 33.8 Å². The van der Waals surface area contributed by atoms with E-state index in [9.17, 15) is 9.90 Å². The van der Waals surface area contributed by atoms with E-state index < -0.39 is 13.1 Å². The molecule has 0 aliphatic carbocycles. The van der Waals surface area contributed by atoms with Crippen molar-refractivity contribution in [1.82, 2.24) is 29.1 Å². The van der Waals surface area contributed by atoms with E-state index in [-0.39, 0.29) is 25.0 Å². The molecule has 4 aromatic carbocycles. The largest absolute Gasteiger partial charge is 2.00 e. The molecule has 0 amide bonds. The number of aromatic carboxylic acids is 1. The first kappa shape index (κ1) is 30.1. The second-order valence-electron chi connectivity index (χ2n) is 9.90. The Labute approximate surface area is 268 Å². The standard InChI is InChI=1S/C27H22BN6.C7H6O2.Zn/c1-4-10-22(11-5-1)25-16-19-32(29-25)28(33-20-17-26(30-33)23-12-6-2-7-13-23)34-21-18-27(31-34)24-14-8-3-9-15-24;8-7(9)6-4-2-1-3-5-6;/h1-21,28H;1-5H,(H,8,9);/q-1;;+2/p-1. The minimum Gasteiger partial charge on any atom is -0.545 e. The predicted molar refractivity (Wildman–Crippen MR) is 167 cm³/mol. The van der Waals surface area contributed by atoms with Crippen molar-refractivity contribution in [2.24, 2.45) is 0 Å². The number of hydrogen-bond donors (Lipinski definition) is 0. The molecule has 0 N–H and O–H groups in total. The van der Waals surface area contributed by atoms with Crippen molar-refractivity contribution in [3.63, 3.8) is 0 Å². The maximum Gasteiger partial charge on any atom is 2.00 e. The molecule has 0 unspecified atom stereocenters. The fourth-order valence-corrected chi connectivity index (χ4v) is 4.87. The molecule has 8 nitrogen and oxygen atoms in total. The summed E-state index contributed by atoms with van der Waals surface area (Å²) in [6, 6.07) is 44.8. The summed E-state index contributed by atoms with van der Waals surface area (Å²) >= 11 is 0. The molecule has 0 saturated heterocycles. The second-order valence-corrected chi connectivity index (χ2v) is 9.90. The van der Waals surface area contributed by atoms with Gasteiger partial charge in [-0.25, -0.2) is 15.3 Å². The van der Waals surface area contributed by atoms with Gasteiger partial charge in [-0.1, -0.05) is 121 Å². The van der Waals surface area contributed by atoms with Crippen LogP contribution >= 0.6 is 0 Å². The topological polar surface area (TPSA) is 93.6 Å². The summed E-state index contributed by atoms with van der Waals surface area (Å²) in [5.74, 6) is -1.13. The van der Waals surface area contributed by atoms with E-state index in [0.29, 0.717) is 0 Å². The molecule has 0 radical (unpaired) electrons. The van der Waals surface area contributed by atoms with Gasteiger partial charge in [0.15, 0.2) is 0 Å². The predicted octanol–water partition coefficient (Wildman–Crippen LogP) is 4.99. The van der Waals surface area contributed by atoms with E-state index in [4.69, 9.17) is 15.3 Å². The number of benzene rings is 4. The Balaban J connectivity index is 0.000000333. The van der Waals surface area contributed by atoms with Crippen molar-refractivity contribution < 1.29 is 29.4 Å². The van der Waals surface area contributed by atoms with Gasteiger partial charge in [0.25, 0.3) is 0 Å². The average molecular weight is 628 g/mol. The Bertz CT molecular complexity index is 1720. The van der Waals surface area contributed by atoms with Gasteiger partial charge < -0.3 is 23.7 Å². The monoisotopic (exact) mass is 626 g/mol. The van der Waals surface area contributed by atoms with Crippen LogP contribution in [0, 0.1) is 0 Å². The Morgan fingerprint density at radius 1 is 0.477 bits per heavy atom.